The zero-order valence-corrected chi connectivity index (χ0v) is 27.0. The van der Waals surface area contributed by atoms with Gasteiger partial charge in [0, 0.05) is 37.1 Å². The number of aliphatic hydroxyl groups is 2. The van der Waals surface area contributed by atoms with Crippen molar-refractivity contribution in [2.24, 2.45) is 5.92 Å². The van der Waals surface area contributed by atoms with Crippen molar-refractivity contribution in [1.29, 1.82) is 0 Å². The lowest BCUT2D eigenvalue weighted by molar-refractivity contribution is -0.138. The SMILES string of the molecule is COc1cc(C=O)cc(I)c1O[C@H]1C=C(C(=O)NCCO)C[C@@H](N(CCc2cccc(F)c2)C(=O)CCC2CCCC2)[C@@H]1O. The molecular weight excluding hydrogens is 682 g/mol. The molecule has 1 fully saturated rings. The summed E-state index contributed by atoms with van der Waals surface area (Å²) in [6.45, 7) is 0.00210. The van der Waals surface area contributed by atoms with Crippen LogP contribution < -0.4 is 14.8 Å². The number of benzene rings is 2. The molecule has 0 spiro atoms. The zero-order chi connectivity index (χ0) is 31.6. The molecule has 2 aliphatic rings. The molecule has 0 radical (unpaired) electrons. The lowest BCUT2D eigenvalue weighted by Crippen LogP contribution is -2.55. The highest BCUT2D eigenvalue weighted by Gasteiger charge is 2.41. The van der Waals surface area contributed by atoms with Gasteiger partial charge in [-0.2, -0.15) is 0 Å². The Morgan fingerprint density at radius 2 is 1.98 bits per heavy atom. The Kier molecular flexibility index (Phi) is 12.6. The molecule has 2 aromatic rings. The summed E-state index contributed by atoms with van der Waals surface area (Å²) in [5.41, 5.74) is 1.40. The molecule has 0 bridgehead atoms. The van der Waals surface area contributed by atoms with Gasteiger partial charge in [-0.05, 0) is 77.3 Å². The molecule has 44 heavy (non-hydrogen) atoms. The number of amides is 2. The van der Waals surface area contributed by atoms with Crippen molar-refractivity contribution < 1.29 is 38.5 Å². The van der Waals surface area contributed by atoms with E-state index in [0.29, 0.717) is 45.3 Å². The Balaban J connectivity index is 1.66. The molecule has 0 saturated heterocycles. The van der Waals surface area contributed by atoms with Crippen molar-refractivity contribution in [3.8, 4) is 11.5 Å². The Bertz CT molecular complexity index is 1350. The quantitative estimate of drug-likeness (QED) is 0.197. The maximum absolute atomic E-state index is 14.0. The van der Waals surface area contributed by atoms with Crippen LogP contribution in [0, 0.1) is 15.3 Å². The first-order chi connectivity index (χ1) is 21.2. The van der Waals surface area contributed by atoms with Crippen molar-refractivity contribution in [3.05, 3.63) is 68.6 Å². The van der Waals surface area contributed by atoms with Gasteiger partial charge in [-0.3, -0.25) is 14.4 Å². The fourth-order valence-electron chi connectivity index (χ4n) is 6.03. The number of carbonyl (C=O) groups is 3. The molecule has 0 aliphatic heterocycles. The van der Waals surface area contributed by atoms with E-state index in [1.54, 1.807) is 23.1 Å². The molecule has 1 saturated carbocycles. The van der Waals surface area contributed by atoms with Crippen LogP contribution in [0.25, 0.3) is 0 Å². The van der Waals surface area contributed by atoms with Gasteiger partial charge < -0.3 is 29.9 Å². The van der Waals surface area contributed by atoms with Gasteiger partial charge in [-0.1, -0.05) is 37.8 Å². The second kappa shape index (κ2) is 16.3. The third-order valence-electron chi connectivity index (χ3n) is 8.35. The monoisotopic (exact) mass is 722 g/mol. The van der Waals surface area contributed by atoms with Gasteiger partial charge in [0.25, 0.3) is 0 Å². The van der Waals surface area contributed by atoms with Crippen LogP contribution in [0.1, 0.15) is 60.9 Å². The highest BCUT2D eigenvalue weighted by molar-refractivity contribution is 14.1. The van der Waals surface area contributed by atoms with Gasteiger partial charge >= 0.3 is 0 Å². The standard InChI is InChI=1S/C33H40FIN2O7/c1-43-29-17-23(20-39)16-26(35)32(29)44-28-19-24(33(42)36-12-14-38)18-27(31(28)41)37(13-11-22-7-4-8-25(34)15-22)30(40)10-9-21-5-2-3-6-21/h4,7-8,15-17,19-21,27-28,31,38,41H,2-3,5-6,9-14,18H2,1H3,(H,36,42)/t27-,28+,31+/m1/s1. The Morgan fingerprint density at radius 3 is 2.66 bits per heavy atom. The smallest absolute Gasteiger partial charge is 0.247 e. The minimum Gasteiger partial charge on any atom is -0.493 e. The van der Waals surface area contributed by atoms with Crippen LogP contribution in [-0.2, 0) is 16.0 Å². The van der Waals surface area contributed by atoms with Crippen LogP contribution in [0.5, 0.6) is 11.5 Å². The van der Waals surface area contributed by atoms with Crippen LogP contribution in [0.2, 0.25) is 0 Å². The number of ether oxygens (including phenoxy) is 2. The summed E-state index contributed by atoms with van der Waals surface area (Å²) in [5.74, 6) is 0.0986. The maximum atomic E-state index is 14.0. The number of rotatable bonds is 14. The van der Waals surface area contributed by atoms with Gasteiger partial charge in [0.05, 0.1) is 23.3 Å². The molecule has 11 heteroatoms. The first-order valence-electron chi connectivity index (χ1n) is 15.0. The first kappa shape index (κ1) is 33.9. The Hall–Kier alpha value is -3.03. The topological polar surface area (TPSA) is 125 Å². The van der Waals surface area contributed by atoms with Crippen molar-refractivity contribution in [2.45, 2.75) is 69.6 Å². The highest BCUT2D eigenvalue weighted by atomic mass is 127. The molecule has 0 unspecified atom stereocenters. The fraction of sp³-hybridized carbons (Fsp3) is 0.485. The average molecular weight is 723 g/mol. The number of aldehydes is 1. The number of aliphatic hydroxyl groups excluding tert-OH is 2. The van der Waals surface area contributed by atoms with Gasteiger partial charge in [0.15, 0.2) is 11.5 Å². The fourth-order valence-corrected chi connectivity index (χ4v) is 6.78. The number of nitrogens with zero attached hydrogens (tertiary/aromatic N) is 1. The predicted octanol–water partition coefficient (Wildman–Crippen LogP) is 4.21. The van der Waals surface area contributed by atoms with E-state index in [1.807, 2.05) is 22.6 Å². The van der Waals surface area contributed by atoms with E-state index in [-0.39, 0.29) is 49.3 Å². The Labute approximate surface area is 270 Å². The molecule has 238 valence electrons. The van der Waals surface area contributed by atoms with Crippen LogP contribution >= 0.6 is 22.6 Å². The lowest BCUT2D eigenvalue weighted by Gasteiger charge is -2.41. The number of halogens is 2. The summed E-state index contributed by atoms with van der Waals surface area (Å²) < 4.78 is 26.3. The van der Waals surface area contributed by atoms with Gasteiger partial charge in [0.2, 0.25) is 11.8 Å². The van der Waals surface area contributed by atoms with Gasteiger partial charge in [0.1, 0.15) is 24.3 Å². The molecule has 4 rings (SSSR count). The summed E-state index contributed by atoms with van der Waals surface area (Å²) in [7, 11) is 1.44. The number of hydrogen-bond donors (Lipinski definition) is 3. The average Bonchev–Trinajstić information content (AvgIpc) is 3.55. The summed E-state index contributed by atoms with van der Waals surface area (Å²) in [4.78, 5) is 40.0. The van der Waals surface area contributed by atoms with E-state index in [0.717, 1.165) is 32.1 Å². The minimum absolute atomic E-state index is 0.0391. The second-order valence-electron chi connectivity index (χ2n) is 11.3. The van der Waals surface area contributed by atoms with Crippen molar-refractivity contribution in [3.63, 3.8) is 0 Å². The van der Waals surface area contributed by atoms with Crippen LogP contribution in [0.3, 0.4) is 0 Å². The third kappa shape index (κ3) is 8.79. The third-order valence-corrected chi connectivity index (χ3v) is 9.15. The van der Waals surface area contributed by atoms with Crippen LogP contribution in [0.4, 0.5) is 4.39 Å². The molecule has 0 aromatic heterocycles. The predicted molar refractivity (Wildman–Crippen MR) is 171 cm³/mol. The molecule has 9 nitrogen and oxygen atoms in total. The molecule has 2 aliphatic carbocycles. The molecule has 2 aromatic carbocycles. The first-order valence-corrected chi connectivity index (χ1v) is 16.1. The van der Waals surface area contributed by atoms with E-state index in [1.165, 1.54) is 31.4 Å². The molecule has 3 atom stereocenters. The van der Waals surface area contributed by atoms with E-state index >= 15 is 0 Å². The highest BCUT2D eigenvalue weighted by Crippen LogP contribution is 2.37. The summed E-state index contributed by atoms with van der Waals surface area (Å²) in [5, 5.41) is 23.7. The summed E-state index contributed by atoms with van der Waals surface area (Å²) >= 11 is 2.01. The summed E-state index contributed by atoms with van der Waals surface area (Å²) in [6.07, 6.45) is 5.94. The van der Waals surface area contributed by atoms with Gasteiger partial charge in [-0.25, -0.2) is 4.39 Å². The zero-order valence-electron chi connectivity index (χ0n) is 24.8. The second-order valence-corrected chi connectivity index (χ2v) is 12.5. The number of carbonyl (C=O) groups excluding carboxylic acids is 3. The van der Waals surface area contributed by atoms with E-state index < -0.39 is 24.2 Å². The van der Waals surface area contributed by atoms with E-state index in [2.05, 4.69) is 5.32 Å². The number of nitrogens with one attached hydrogen (secondary N) is 1. The molecule has 0 heterocycles. The summed E-state index contributed by atoms with van der Waals surface area (Å²) in [6, 6.07) is 8.52. The minimum atomic E-state index is -1.22. The largest absolute Gasteiger partial charge is 0.493 e. The van der Waals surface area contributed by atoms with Crippen LogP contribution in [0.15, 0.2) is 48.0 Å². The maximum Gasteiger partial charge on any atom is 0.247 e. The van der Waals surface area contributed by atoms with Crippen molar-refractivity contribution in [2.75, 3.05) is 26.8 Å². The molecule has 2 amide bonds. The van der Waals surface area contributed by atoms with Crippen molar-refractivity contribution in [1.82, 2.24) is 10.2 Å². The number of methoxy groups -OCH3 is 1. The van der Waals surface area contributed by atoms with Gasteiger partial charge in [-0.15, -0.1) is 0 Å². The normalized spacial score (nSPS) is 20.1. The number of hydrogen-bond acceptors (Lipinski definition) is 7. The lowest BCUT2D eigenvalue weighted by atomic mass is 9.87. The van der Waals surface area contributed by atoms with E-state index in [9.17, 15) is 29.0 Å². The Morgan fingerprint density at radius 1 is 1.20 bits per heavy atom. The molecular formula is C33H40FIN2O7. The van der Waals surface area contributed by atoms with Crippen LogP contribution in [-0.4, -0.2) is 78.3 Å². The van der Waals surface area contributed by atoms with E-state index in [4.69, 9.17) is 9.47 Å². The van der Waals surface area contributed by atoms with Crippen molar-refractivity contribution >= 4 is 40.7 Å². The molecule has 3 N–H and O–H groups in total.